The summed E-state index contributed by atoms with van der Waals surface area (Å²) < 4.78 is 19.2. The molecule has 16 nitrogen and oxygen atoms in total. The second-order valence-electron chi connectivity index (χ2n) is 13.6. The summed E-state index contributed by atoms with van der Waals surface area (Å²) in [6, 6.07) is 11.1. The summed E-state index contributed by atoms with van der Waals surface area (Å²) in [5.74, 6) is -2.84. The van der Waals surface area contributed by atoms with E-state index in [9.17, 15) is 33.2 Å². The summed E-state index contributed by atoms with van der Waals surface area (Å²) >= 11 is 5.94. The SMILES string of the molecule is COc1cc2ncnc(Nc3ccc(F)c(Cl)c3)c2cc1NC(=O)/C=C/CN1CCC(NC(=O)CNc2cccc3c2C(=O)N(C2CCC(=O)NC2=O)C3=O)CC1. The van der Waals surface area contributed by atoms with Gasteiger partial charge in [-0.15, -0.1) is 0 Å². The number of carbonyl (C=O) groups excluding carboxylic acids is 6. The third kappa shape index (κ3) is 8.53. The number of likely N-dealkylation sites (tertiary alicyclic amines) is 1. The van der Waals surface area contributed by atoms with Gasteiger partial charge >= 0.3 is 0 Å². The lowest BCUT2D eigenvalue weighted by molar-refractivity contribution is -0.136. The van der Waals surface area contributed by atoms with Crippen molar-refractivity contribution < 1.29 is 37.9 Å². The van der Waals surface area contributed by atoms with E-state index < -0.39 is 35.5 Å². The molecule has 1 aromatic heterocycles. The maximum absolute atomic E-state index is 13.7. The molecule has 294 valence electrons. The van der Waals surface area contributed by atoms with Gasteiger partial charge in [0.2, 0.25) is 23.6 Å². The van der Waals surface area contributed by atoms with E-state index in [0.717, 1.165) is 4.90 Å². The number of methoxy groups -OCH3 is 1. The van der Waals surface area contributed by atoms with Gasteiger partial charge in [-0.2, -0.15) is 0 Å². The number of anilines is 4. The quantitative estimate of drug-likeness (QED) is 0.103. The van der Waals surface area contributed by atoms with Crippen molar-refractivity contribution >= 4 is 80.8 Å². The molecule has 0 bridgehead atoms. The highest BCUT2D eigenvalue weighted by molar-refractivity contribution is 6.31. The van der Waals surface area contributed by atoms with Crippen LogP contribution < -0.4 is 31.3 Å². The zero-order chi connectivity index (χ0) is 40.2. The van der Waals surface area contributed by atoms with Crippen molar-refractivity contribution in [2.45, 2.75) is 37.8 Å². The van der Waals surface area contributed by atoms with Crippen LogP contribution in [-0.2, 0) is 19.2 Å². The molecule has 4 heterocycles. The molecule has 2 fully saturated rings. The number of aromatic nitrogens is 2. The Morgan fingerprint density at radius 3 is 2.58 bits per heavy atom. The van der Waals surface area contributed by atoms with Crippen molar-refractivity contribution in [2.75, 3.05) is 49.2 Å². The molecule has 4 aromatic rings. The van der Waals surface area contributed by atoms with E-state index >= 15 is 0 Å². The predicted octanol–water partition coefficient (Wildman–Crippen LogP) is 3.76. The number of benzene rings is 3. The Kier molecular flexibility index (Phi) is 11.4. The van der Waals surface area contributed by atoms with E-state index in [4.69, 9.17) is 16.3 Å². The molecular weight excluding hydrogens is 761 g/mol. The van der Waals surface area contributed by atoms with Crippen LogP contribution in [0.2, 0.25) is 5.02 Å². The molecule has 18 heteroatoms. The average molecular weight is 798 g/mol. The number of nitrogens with zero attached hydrogens (tertiary/aromatic N) is 4. The maximum atomic E-state index is 13.7. The second kappa shape index (κ2) is 16.7. The molecule has 3 aliphatic heterocycles. The molecule has 6 amide bonds. The van der Waals surface area contributed by atoms with Gasteiger partial charge in [-0.3, -0.25) is 43.9 Å². The van der Waals surface area contributed by atoms with Crippen LogP contribution in [-0.4, -0.2) is 101 Å². The first-order chi connectivity index (χ1) is 27.5. The Morgan fingerprint density at radius 1 is 1.02 bits per heavy atom. The average Bonchev–Trinajstić information content (AvgIpc) is 3.45. The number of fused-ring (bicyclic) bond motifs is 2. The zero-order valence-electron chi connectivity index (χ0n) is 30.6. The van der Waals surface area contributed by atoms with Crippen molar-refractivity contribution in [1.29, 1.82) is 0 Å². The molecule has 3 aromatic carbocycles. The lowest BCUT2D eigenvalue weighted by atomic mass is 10.0. The van der Waals surface area contributed by atoms with Gasteiger partial charge in [0.05, 0.1) is 41.0 Å². The minimum atomic E-state index is -1.09. The molecule has 1 unspecified atom stereocenters. The van der Waals surface area contributed by atoms with Crippen molar-refractivity contribution in [3.05, 3.63) is 89.0 Å². The van der Waals surface area contributed by atoms with Crippen LogP contribution in [0, 0.1) is 5.82 Å². The molecule has 5 N–H and O–H groups in total. The third-order valence-corrected chi connectivity index (χ3v) is 10.2. The van der Waals surface area contributed by atoms with Gasteiger partial charge < -0.3 is 26.0 Å². The maximum Gasteiger partial charge on any atom is 0.264 e. The van der Waals surface area contributed by atoms with Crippen molar-refractivity contribution in [1.82, 2.24) is 30.4 Å². The van der Waals surface area contributed by atoms with E-state index in [1.54, 1.807) is 30.3 Å². The van der Waals surface area contributed by atoms with E-state index in [-0.39, 0.29) is 53.4 Å². The lowest BCUT2D eigenvalue weighted by Crippen LogP contribution is -2.54. The summed E-state index contributed by atoms with van der Waals surface area (Å²) in [7, 11) is 1.48. The third-order valence-electron chi connectivity index (χ3n) is 9.89. The van der Waals surface area contributed by atoms with Gasteiger partial charge in [0, 0.05) is 61.0 Å². The summed E-state index contributed by atoms with van der Waals surface area (Å²) in [5.41, 5.74) is 1.96. The molecule has 7 rings (SSSR count). The summed E-state index contributed by atoms with van der Waals surface area (Å²) in [4.78, 5) is 88.0. The number of nitrogens with one attached hydrogen (secondary N) is 5. The monoisotopic (exact) mass is 797 g/mol. The van der Waals surface area contributed by atoms with E-state index in [0.29, 0.717) is 72.0 Å². The van der Waals surface area contributed by atoms with Crippen LogP contribution in [0.25, 0.3) is 10.9 Å². The minimum absolute atomic E-state index is 0.0151. The van der Waals surface area contributed by atoms with E-state index in [1.165, 1.54) is 43.8 Å². The van der Waals surface area contributed by atoms with Gasteiger partial charge in [0.25, 0.3) is 11.8 Å². The number of amides is 6. The van der Waals surface area contributed by atoms with Gasteiger partial charge in [0.15, 0.2) is 0 Å². The zero-order valence-corrected chi connectivity index (χ0v) is 31.3. The van der Waals surface area contributed by atoms with Crippen LogP contribution in [0.3, 0.4) is 0 Å². The van der Waals surface area contributed by atoms with Crippen LogP contribution >= 0.6 is 11.6 Å². The Morgan fingerprint density at radius 2 is 1.82 bits per heavy atom. The molecule has 0 aliphatic carbocycles. The Labute approximate surface area is 330 Å². The summed E-state index contributed by atoms with van der Waals surface area (Å²) in [6.45, 7) is 1.71. The second-order valence-corrected chi connectivity index (χ2v) is 14.0. The molecule has 2 saturated heterocycles. The molecular formula is C39H37ClFN9O7. The number of hydrogen-bond donors (Lipinski definition) is 5. The first-order valence-electron chi connectivity index (χ1n) is 18.1. The predicted molar refractivity (Wildman–Crippen MR) is 208 cm³/mol. The first kappa shape index (κ1) is 38.8. The topological polar surface area (TPSA) is 204 Å². The molecule has 0 radical (unpaired) electrons. The summed E-state index contributed by atoms with van der Waals surface area (Å²) in [6.07, 6.45) is 5.98. The van der Waals surface area contributed by atoms with Crippen LogP contribution in [0.4, 0.5) is 27.3 Å². The minimum Gasteiger partial charge on any atom is -0.494 e. The van der Waals surface area contributed by atoms with Crippen LogP contribution in [0.5, 0.6) is 5.75 Å². The number of imide groups is 2. The Balaban J connectivity index is 0.882. The smallest absolute Gasteiger partial charge is 0.264 e. The van der Waals surface area contributed by atoms with Crippen LogP contribution in [0.15, 0.2) is 67.0 Å². The molecule has 3 aliphatic rings. The van der Waals surface area contributed by atoms with Crippen molar-refractivity contribution in [2.24, 2.45) is 0 Å². The molecule has 0 spiro atoms. The van der Waals surface area contributed by atoms with Crippen molar-refractivity contribution in [3.63, 3.8) is 0 Å². The summed E-state index contributed by atoms with van der Waals surface area (Å²) in [5, 5.41) is 14.7. The van der Waals surface area contributed by atoms with Gasteiger partial charge in [-0.25, -0.2) is 14.4 Å². The highest BCUT2D eigenvalue weighted by Crippen LogP contribution is 2.34. The lowest BCUT2D eigenvalue weighted by Gasteiger charge is -2.31. The van der Waals surface area contributed by atoms with E-state index in [2.05, 4.69) is 41.5 Å². The fraction of sp³-hybridized carbons (Fsp3) is 0.282. The fourth-order valence-corrected chi connectivity index (χ4v) is 7.20. The number of rotatable bonds is 12. The number of halogens is 2. The largest absolute Gasteiger partial charge is 0.494 e. The number of hydrogen-bond acceptors (Lipinski definition) is 12. The highest BCUT2D eigenvalue weighted by atomic mass is 35.5. The molecule has 0 saturated carbocycles. The highest BCUT2D eigenvalue weighted by Gasteiger charge is 2.45. The molecule has 1 atom stereocenters. The number of piperidine rings is 2. The standard InChI is InChI=1S/C39H37ClFN9O7/c1-57-31-18-28-24(36(44-20-43-28)46-22-7-8-26(41)25(40)16-22)17-29(31)47-32(51)6-3-13-49-14-11-21(12-15-49)45-34(53)19-42-27-5-2-4-23-35(27)39(56)50(38(23)55)30-9-10-33(52)48-37(30)54/h2-8,16-18,20-21,30,42H,9-15,19H2,1H3,(H,45,53)(H,47,51)(H,43,44,46)(H,48,52,54)/b6-3+. The Hall–Kier alpha value is -6.46. The first-order valence-corrected chi connectivity index (χ1v) is 18.5. The van der Waals surface area contributed by atoms with Crippen LogP contribution in [0.1, 0.15) is 46.4 Å². The van der Waals surface area contributed by atoms with E-state index in [1.807, 2.05) is 0 Å². The van der Waals surface area contributed by atoms with Gasteiger partial charge in [-0.05, 0) is 55.7 Å². The number of ether oxygens (including phenoxy) is 1. The van der Waals surface area contributed by atoms with Gasteiger partial charge in [-0.1, -0.05) is 23.7 Å². The Bertz CT molecular complexity index is 2330. The fourth-order valence-electron chi connectivity index (χ4n) is 7.02. The van der Waals surface area contributed by atoms with Gasteiger partial charge in [0.1, 0.15) is 29.8 Å². The van der Waals surface area contributed by atoms with Crippen molar-refractivity contribution in [3.8, 4) is 5.75 Å². The molecule has 57 heavy (non-hydrogen) atoms. The normalized spacial score (nSPS) is 17.5. The number of carbonyl (C=O) groups is 6.